The molecule has 0 spiro atoms. The lowest BCUT2D eigenvalue weighted by atomic mass is 10.0. The number of hydrogen-bond acceptors (Lipinski definition) is 3. The summed E-state index contributed by atoms with van der Waals surface area (Å²) in [4.78, 5) is 13.8. The summed E-state index contributed by atoms with van der Waals surface area (Å²) in [5.74, 6) is 1.26. The molecule has 1 amide bonds. The number of ether oxygens (including phenoxy) is 1. The molecule has 21 heavy (non-hydrogen) atoms. The fourth-order valence-corrected chi connectivity index (χ4v) is 2.42. The van der Waals surface area contributed by atoms with Crippen molar-refractivity contribution in [3.05, 3.63) is 29.8 Å². The van der Waals surface area contributed by atoms with Crippen LogP contribution in [0.3, 0.4) is 0 Å². The highest BCUT2D eigenvalue weighted by atomic mass is 35.5. The molecule has 1 aromatic carbocycles. The lowest BCUT2D eigenvalue weighted by molar-refractivity contribution is -0.134. The lowest BCUT2D eigenvalue weighted by Gasteiger charge is -2.30. The van der Waals surface area contributed by atoms with E-state index in [0.29, 0.717) is 12.5 Å². The number of benzene rings is 1. The first kappa shape index (κ1) is 17.8. The molecule has 0 saturated carbocycles. The standard InChI is InChI=1S/C16H24N2O2.ClH/c1-12(2)13-5-7-15(8-6-13)20-11-16(19)18-9-3-4-14(17)10-18;/h5-8,12,14H,3-4,9-11,17H2,1-2H3;1H. The van der Waals surface area contributed by atoms with Gasteiger partial charge >= 0.3 is 0 Å². The van der Waals surface area contributed by atoms with Crippen LogP contribution in [0.25, 0.3) is 0 Å². The summed E-state index contributed by atoms with van der Waals surface area (Å²) < 4.78 is 5.56. The Hall–Kier alpha value is -1.26. The number of halogens is 1. The summed E-state index contributed by atoms with van der Waals surface area (Å²) in [5.41, 5.74) is 7.15. The molecule has 1 fully saturated rings. The molecule has 2 N–H and O–H groups in total. The first-order chi connectivity index (χ1) is 9.56. The number of piperidine rings is 1. The fourth-order valence-electron chi connectivity index (χ4n) is 2.42. The minimum Gasteiger partial charge on any atom is -0.484 e. The van der Waals surface area contributed by atoms with Crippen molar-refractivity contribution in [1.29, 1.82) is 0 Å². The van der Waals surface area contributed by atoms with Gasteiger partial charge in [0.1, 0.15) is 5.75 Å². The summed E-state index contributed by atoms with van der Waals surface area (Å²) in [6.07, 6.45) is 1.98. The van der Waals surface area contributed by atoms with Crippen molar-refractivity contribution in [1.82, 2.24) is 4.90 Å². The molecule has 1 aliphatic rings. The average Bonchev–Trinajstić information content (AvgIpc) is 2.45. The molecule has 0 radical (unpaired) electrons. The highest BCUT2D eigenvalue weighted by Gasteiger charge is 2.21. The van der Waals surface area contributed by atoms with Crippen LogP contribution in [0, 0.1) is 0 Å². The van der Waals surface area contributed by atoms with E-state index in [0.717, 1.165) is 25.1 Å². The predicted octanol–water partition coefficient (Wildman–Crippen LogP) is 2.56. The molecule has 1 heterocycles. The maximum Gasteiger partial charge on any atom is 0.260 e. The Kier molecular flexibility index (Phi) is 6.99. The van der Waals surface area contributed by atoms with Crippen molar-refractivity contribution in [3.8, 4) is 5.75 Å². The maximum absolute atomic E-state index is 12.0. The molecule has 1 atom stereocenters. The number of hydrogen-bond donors (Lipinski definition) is 1. The second-order valence-corrected chi connectivity index (χ2v) is 5.75. The van der Waals surface area contributed by atoms with Gasteiger partial charge in [0.15, 0.2) is 6.61 Å². The largest absolute Gasteiger partial charge is 0.484 e. The first-order valence-electron chi connectivity index (χ1n) is 7.32. The minimum atomic E-state index is 0. The van der Waals surface area contributed by atoms with E-state index in [1.807, 2.05) is 24.3 Å². The summed E-state index contributed by atoms with van der Waals surface area (Å²) >= 11 is 0. The number of nitrogens with zero attached hydrogens (tertiary/aromatic N) is 1. The molecule has 4 nitrogen and oxygen atoms in total. The number of nitrogens with two attached hydrogens (primary N) is 1. The van der Waals surface area contributed by atoms with Crippen LogP contribution in [-0.4, -0.2) is 36.5 Å². The Morgan fingerprint density at radius 3 is 2.62 bits per heavy atom. The number of amides is 1. The topological polar surface area (TPSA) is 55.6 Å². The van der Waals surface area contributed by atoms with Gasteiger partial charge in [0.25, 0.3) is 5.91 Å². The van der Waals surface area contributed by atoms with Crippen LogP contribution >= 0.6 is 12.4 Å². The quantitative estimate of drug-likeness (QED) is 0.929. The summed E-state index contributed by atoms with van der Waals surface area (Å²) in [6, 6.07) is 8.04. The fraction of sp³-hybridized carbons (Fsp3) is 0.562. The van der Waals surface area contributed by atoms with Gasteiger partial charge in [0.05, 0.1) is 0 Å². The highest BCUT2D eigenvalue weighted by Crippen LogP contribution is 2.18. The van der Waals surface area contributed by atoms with Crippen molar-refractivity contribution < 1.29 is 9.53 Å². The monoisotopic (exact) mass is 312 g/mol. The van der Waals surface area contributed by atoms with Crippen LogP contribution in [0.5, 0.6) is 5.75 Å². The second kappa shape index (κ2) is 8.25. The van der Waals surface area contributed by atoms with Gasteiger partial charge in [0.2, 0.25) is 0 Å². The molecule has 1 aliphatic heterocycles. The molecule has 0 aromatic heterocycles. The van der Waals surface area contributed by atoms with Gasteiger partial charge in [-0.1, -0.05) is 26.0 Å². The number of rotatable bonds is 4. The average molecular weight is 313 g/mol. The Balaban J connectivity index is 0.00000220. The van der Waals surface area contributed by atoms with E-state index in [2.05, 4.69) is 13.8 Å². The van der Waals surface area contributed by atoms with Gasteiger partial charge in [-0.2, -0.15) is 0 Å². The minimum absolute atomic E-state index is 0. The Bertz CT molecular complexity index is 448. The zero-order valence-corrected chi connectivity index (χ0v) is 13.6. The molecule has 1 unspecified atom stereocenters. The predicted molar refractivity (Wildman–Crippen MR) is 87.1 cm³/mol. The molecule has 0 bridgehead atoms. The van der Waals surface area contributed by atoms with E-state index in [4.69, 9.17) is 10.5 Å². The van der Waals surface area contributed by atoms with Crippen LogP contribution in [0.4, 0.5) is 0 Å². The molecule has 1 saturated heterocycles. The van der Waals surface area contributed by atoms with Gasteiger partial charge in [-0.05, 0) is 36.5 Å². The smallest absolute Gasteiger partial charge is 0.260 e. The Morgan fingerprint density at radius 1 is 1.38 bits per heavy atom. The molecule has 1 aromatic rings. The van der Waals surface area contributed by atoms with Crippen molar-refractivity contribution in [3.63, 3.8) is 0 Å². The SMILES string of the molecule is CC(C)c1ccc(OCC(=O)N2CCCC(N)C2)cc1.Cl. The summed E-state index contributed by atoms with van der Waals surface area (Å²) in [7, 11) is 0. The molecule has 5 heteroatoms. The zero-order chi connectivity index (χ0) is 14.5. The van der Waals surface area contributed by atoms with Crippen molar-refractivity contribution in [2.45, 2.75) is 38.6 Å². The van der Waals surface area contributed by atoms with E-state index in [9.17, 15) is 4.79 Å². The van der Waals surface area contributed by atoms with Gasteiger partial charge in [-0.3, -0.25) is 4.79 Å². The summed E-state index contributed by atoms with van der Waals surface area (Å²) in [5, 5.41) is 0. The van der Waals surface area contributed by atoms with Crippen LogP contribution < -0.4 is 10.5 Å². The third kappa shape index (κ3) is 5.21. The molecule has 0 aliphatic carbocycles. The first-order valence-corrected chi connectivity index (χ1v) is 7.32. The van der Waals surface area contributed by atoms with Gasteiger partial charge in [0, 0.05) is 19.1 Å². The maximum atomic E-state index is 12.0. The summed E-state index contributed by atoms with van der Waals surface area (Å²) in [6.45, 7) is 5.84. The molecule has 2 rings (SSSR count). The van der Waals surface area contributed by atoms with Crippen molar-refractivity contribution in [2.75, 3.05) is 19.7 Å². The third-order valence-corrected chi connectivity index (χ3v) is 3.72. The van der Waals surface area contributed by atoms with Crippen LogP contribution in [0.15, 0.2) is 24.3 Å². The van der Waals surface area contributed by atoms with Crippen molar-refractivity contribution in [2.24, 2.45) is 5.73 Å². The second-order valence-electron chi connectivity index (χ2n) is 5.75. The van der Waals surface area contributed by atoms with E-state index in [1.54, 1.807) is 4.90 Å². The van der Waals surface area contributed by atoms with Crippen LogP contribution in [0.1, 0.15) is 38.2 Å². The van der Waals surface area contributed by atoms with Gasteiger partial charge in [-0.15, -0.1) is 12.4 Å². The molecular weight excluding hydrogens is 288 g/mol. The van der Waals surface area contributed by atoms with E-state index < -0.39 is 0 Å². The number of likely N-dealkylation sites (tertiary alicyclic amines) is 1. The van der Waals surface area contributed by atoms with Crippen LogP contribution in [0.2, 0.25) is 0 Å². The highest BCUT2D eigenvalue weighted by molar-refractivity contribution is 5.85. The van der Waals surface area contributed by atoms with Gasteiger partial charge < -0.3 is 15.4 Å². The van der Waals surface area contributed by atoms with Crippen molar-refractivity contribution >= 4 is 18.3 Å². The van der Waals surface area contributed by atoms with E-state index in [1.165, 1.54) is 5.56 Å². The Labute approximate surface area is 133 Å². The zero-order valence-electron chi connectivity index (χ0n) is 12.7. The molecule has 118 valence electrons. The molecular formula is C16H25ClN2O2. The lowest BCUT2D eigenvalue weighted by Crippen LogP contribution is -2.47. The number of carbonyl (C=O) groups excluding carboxylic acids is 1. The number of carbonyl (C=O) groups is 1. The third-order valence-electron chi connectivity index (χ3n) is 3.72. The van der Waals surface area contributed by atoms with Crippen LogP contribution in [-0.2, 0) is 4.79 Å². The Morgan fingerprint density at radius 2 is 2.05 bits per heavy atom. The normalized spacial score (nSPS) is 18.3. The van der Waals surface area contributed by atoms with E-state index in [-0.39, 0.29) is 31.0 Å². The van der Waals surface area contributed by atoms with E-state index >= 15 is 0 Å². The van der Waals surface area contributed by atoms with Gasteiger partial charge in [-0.25, -0.2) is 0 Å².